The summed E-state index contributed by atoms with van der Waals surface area (Å²) in [6, 6.07) is 10.7. The molecular weight excluding hydrogens is 232 g/mol. The van der Waals surface area contributed by atoms with Gasteiger partial charge in [0, 0.05) is 0 Å². The second-order valence-corrected chi connectivity index (χ2v) is 8.26. The molecule has 0 atom stereocenters. The molecule has 2 aromatic carbocycles. The lowest BCUT2D eigenvalue weighted by molar-refractivity contribution is 0.0697. The van der Waals surface area contributed by atoms with E-state index in [1.807, 2.05) is 31.3 Å². The van der Waals surface area contributed by atoms with Crippen molar-refractivity contribution in [1.82, 2.24) is 0 Å². The van der Waals surface area contributed by atoms with Crippen LogP contribution in [0.2, 0.25) is 13.1 Å². The number of carboxylic acids is 1. The minimum absolute atomic E-state index is 0.253. The monoisotopic (exact) mass is 246 g/mol. The van der Waals surface area contributed by atoms with Gasteiger partial charge in [-0.1, -0.05) is 24.3 Å². The van der Waals surface area contributed by atoms with E-state index < -0.39 is 14.3 Å². The fourth-order valence-electron chi connectivity index (χ4n) is 1.94. The first-order valence-electron chi connectivity index (χ1n) is 5.38. The highest BCUT2D eigenvalue weighted by molar-refractivity contribution is 6.85. The van der Waals surface area contributed by atoms with Gasteiger partial charge in [-0.2, -0.15) is 0 Å². The van der Waals surface area contributed by atoms with E-state index in [1.165, 1.54) is 0 Å². The molecular formula is C13H14O3Si. The average molecular weight is 246 g/mol. The molecule has 0 fully saturated rings. The normalized spacial score (nSPS) is 11.7. The zero-order valence-corrected chi connectivity index (χ0v) is 10.8. The van der Waals surface area contributed by atoms with Gasteiger partial charge in [0.05, 0.1) is 5.56 Å². The van der Waals surface area contributed by atoms with E-state index in [9.17, 15) is 9.59 Å². The van der Waals surface area contributed by atoms with Gasteiger partial charge in [-0.05, 0) is 41.2 Å². The Hall–Kier alpha value is -1.65. The first-order valence-corrected chi connectivity index (χ1v) is 8.33. The molecule has 0 spiro atoms. The summed E-state index contributed by atoms with van der Waals surface area (Å²) in [5.41, 5.74) is 0.253. The largest absolute Gasteiger partial charge is 0.478 e. The van der Waals surface area contributed by atoms with Crippen LogP contribution in [-0.2, 0) is 0 Å². The lowest BCUT2D eigenvalue weighted by atomic mass is 10.1. The Labute approximate surface area is 100 Å². The van der Waals surface area contributed by atoms with Gasteiger partial charge in [-0.3, -0.25) is 0 Å². The standard InChI is InChI=1S/C13H14O3Si/c1-17(2,16)12-5-3-4-9-6-7-10(13(14)15)8-11(9)12/h3-8,16H,1-2H3,(H,14,15). The summed E-state index contributed by atoms with van der Waals surface area (Å²) in [7, 11) is -2.45. The molecule has 2 N–H and O–H groups in total. The predicted molar refractivity (Wildman–Crippen MR) is 70.2 cm³/mol. The summed E-state index contributed by atoms with van der Waals surface area (Å²) in [6.07, 6.45) is 0. The van der Waals surface area contributed by atoms with E-state index in [2.05, 4.69) is 0 Å². The van der Waals surface area contributed by atoms with E-state index in [0.29, 0.717) is 0 Å². The molecule has 0 bridgehead atoms. The number of rotatable bonds is 2. The lowest BCUT2D eigenvalue weighted by Crippen LogP contribution is -2.41. The molecule has 0 amide bonds. The SMILES string of the molecule is C[Si](C)(O)c1cccc2ccc(C(=O)O)cc12. The highest BCUT2D eigenvalue weighted by Crippen LogP contribution is 2.17. The van der Waals surface area contributed by atoms with Gasteiger partial charge in [0.15, 0.2) is 0 Å². The fourth-order valence-corrected chi connectivity index (χ4v) is 3.32. The molecule has 0 aliphatic carbocycles. The van der Waals surface area contributed by atoms with Crippen molar-refractivity contribution in [3.8, 4) is 0 Å². The Morgan fingerprint density at radius 1 is 1.18 bits per heavy atom. The van der Waals surface area contributed by atoms with E-state index in [-0.39, 0.29) is 5.56 Å². The van der Waals surface area contributed by atoms with Gasteiger partial charge in [0.2, 0.25) is 8.32 Å². The zero-order chi connectivity index (χ0) is 12.6. The van der Waals surface area contributed by atoms with Crippen LogP contribution < -0.4 is 5.19 Å². The number of aromatic carboxylic acids is 1. The Morgan fingerprint density at radius 3 is 2.47 bits per heavy atom. The fraction of sp³-hybridized carbons (Fsp3) is 0.154. The minimum atomic E-state index is -2.45. The second kappa shape index (κ2) is 3.98. The third-order valence-corrected chi connectivity index (χ3v) is 4.54. The van der Waals surface area contributed by atoms with E-state index in [4.69, 9.17) is 5.11 Å². The van der Waals surface area contributed by atoms with Crippen molar-refractivity contribution in [3.63, 3.8) is 0 Å². The first-order chi connectivity index (χ1) is 7.89. The van der Waals surface area contributed by atoms with Crippen LogP contribution in [0.1, 0.15) is 10.4 Å². The van der Waals surface area contributed by atoms with Crippen LogP contribution in [0.25, 0.3) is 10.8 Å². The summed E-state index contributed by atoms with van der Waals surface area (Å²) in [4.78, 5) is 21.2. The highest BCUT2D eigenvalue weighted by atomic mass is 28.4. The Morgan fingerprint density at radius 2 is 1.88 bits per heavy atom. The number of hydrogen-bond donors (Lipinski definition) is 2. The summed E-state index contributed by atoms with van der Waals surface area (Å²) < 4.78 is 0. The molecule has 0 aromatic heterocycles. The van der Waals surface area contributed by atoms with Crippen LogP contribution in [-0.4, -0.2) is 24.2 Å². The van der Waals surface area contributed by atoms with E-state index in [1.54, 1.807) is 18.2 Å². The first kappa shape index (κ1) is 11.8. The summed E-state index contributed by atoms with van der Waals surface area (Å²) >= 11 is 0. The van der Waals surface area contributed by atoms with Gasteiger partial charge in [0.25, 0.3) is 0 Å². The number of benzene rings is 2. The van der Waals surface area contributed by atoms with E-state index in [0.717, 1.165) is 16.0 Å². The molecule has 0 radical (unpaired) electrons. The van der Waals surface area contributed by atoms with Gasteiger partial charge < -0.3 is 9.90 Å². The third-order valence-electron chi connectivity index (χ3n) is 2.79. The molecule has 2 rings (SSSR count). The lowest BCUT2D eigenvalue weighted by Gasteiger charge is -2.17. The van der Waals surface area contributed by atoms with Gasteiger partial charge in [0.1, 0.15) is 0 Å². The molecule has 0 unspecified atom stereocenters. The van der Waals surface area contributed by atoms with Crippen LogP contribution in [0.3, 0.4) is 0 Å². The molecule has 88 valence electrons. The number of carbonyl (C=O) groups is 1. The van der Waals surface area contributed by atoms with Crippen LogP contribution in [0.5, 0.6) is 0 Å². The molecule has 0 aliphatic rings. The number of hydrogen-bond acceptors (Lipinski definition) is 2. The number of carboxylic acid groups (broad SMARTS) is 1. The van der Waals surface area contributed by atoms with Gasteiger partial charge in [-0.25, -0.2) is 4.79 Å². The zero-order valence-electron chi connectivity index (χ0n) is 9.77. The molecule has 0 heterocycles. The number of fused-ring (bicyclic) bond motifs is 1. The molecule has 2 aromatic rings. The Balaban J connectivity index is 2.77. The van der Waals surface area contributed by atoms with Crippen molar-refractivity contribution in [2.45, 2.75) is 13.1 Å². The second-order valence-electron chi connectivity index (χ2n) is 4.61. The van der Waals surface area contributed by atoms with Crippen molar-refractivity contribution in [2.75, 3.05) is 0 Å². The van der Waals surface area contributed by atoms with Gasteiger partial charge in [-0.15, -0.1) is 0 Å². The molecule has 0 saturated heterocycles. The third kappa shape index (κ3) is 2.23. The summed E-state index contributed by atoms with van der Waals surface area (Å²) in [5, 5.41) is 11.7. The summed E-state index contributed by atoms with van der Waals surface area (Å²) in [6.45, 7) is 3.66. The van der Waals surface area contributed by atoms with Crippen LogP contribution in [0.15, 0.2) is 36.4 Å². The van der Waals surface area contributed by atoms with Crippen LogP contribution in [0, 0.1) is 0 Å². The minimum Gasteiger partial charge on any atom is -0.478 e. The topological polar surface area (TPSA) is 57.5 Å². The Bertz CT molecular complexity index is 585. The molecule has 3 nitrogen and oxygen atoms in total. The molecule has 17 heavy (non-hydrogen) atoms. The Kier molecular flexibility index (Phi) is 2.77. The van der Waals surface area contributed by atoms with Crippen molar-refractivity contribution >= 4 is 30.2 Å². The predicted octanol–water partition coefficient (Wildman–Crippen LogP) is 1.94. The van der Waals surface area contributed by atoms with E-state index >= 15 is 0 Å². The quantitative estimate of drug-likeness (QED) is 0.796. The maximum Gasteiger partial charge on any atom is 0.335 e. The summed E-state index contributed by atoms with van der Waals surface area (Å²) in [5.74, 6) is -0.945. The maximum atomic E-state index is 11.0. The van der Waals surface area contributed by atoms with Crippen molar-refractivity contribution in [3.05, 3.63) is 42.0 Å². The highest BCUT2D eigenvalue weighted by Gasteiger charge is 2.22. The molecule has 0 saturated carbocycles. The van der Waals surface area contributed by atoms with Crippen LogP contribution >= 0.6 is 0 Å². The van der Waals surface area contributed by atoms with Gasteiger partial charge >= 0.3 is 5.97 Å². The smallest absolute Gasteiger partial charge is 0.335 e. The maximum absolute atomic E-state index is 11.0. The van der Waals surface area contributed by atoms with Crippen molar-refractivity contribution in [1.29, 1.82) is 0 Å². The average Bonchev–Trinajstić information content (AvgIpc) is 2.26. The molecule has 4 heteroatoms. The molecule has 0 aliphatic heterocycles. The van der Waals surface area contributed by atoms with Crippen molar-refractivity contribution < 1.29 is 14.7 Å². The van der Waals surface area contributed by atoms with Crippen molar-refractivity contribution in [2.24, 2.45) is 0 Å². The van der Waals surface area contributed by atoms with Crippen LogP contribution in [0.4, 0.5) is 0 Å².